The van der Waals surface area contributed by atoms with Crippen LogP contribution < -0.4 is 5.32 Å². The summed E-state index contributed by atoms with van der Waals surface area (Å²) in [6.45, 7) is 4.80. The predicted octanol–water partition coefficient (Wildman–Crippen LogP) is 2.69. The highest BCUT2D eigenvalue weighted by Crippen LogP contribution is 2.17. The van der Waals surface area contributed by atoms with Crippen LogP contribution in [-0.2, 0) is 4.74 Å². The SMILES string of the molecule is CCC(NCC1CCCOC1)c1ccc(F)cn1. The molecule has 0 aromatic carbocycles. The minimum Gasteiger partial charge on any atom is -0.381 e. The Balaban J connectivity index is 1.86. The van der Waals surface area contributed by atoms with Gasteiger partial charge in [-0.1, -0.05) is 6.92 Å². The van der Waals surface area contributed by atoms with Gasteiger partial charge in [0.15, 0.2) is 0 Å². The van der Waals surface area contributed by atoms with E-state index in [0.29, 0.717) is 5.92 Å². The van der Waals surface area contributed by atoms with E-state index in [4.69, 9.17) is 4.74 Å². The molecular weight excluding hydrogens is 231 g/mol. The van der Waals surface area contributed by atoms with E-state index in [0.717, 1.165) is 38.3 Å². The number of nitrogens with zero attached hydrogens (tertiary/aromatic N) is 1. The summed E-state index contributed by atoms with van der Waals surface area (Å²) in [4.78, 5) is 4.14. The van der Waals surface area contributed by atoms with E-state index in [1.165, 1.54) is 18.7 Å². The van der Waals surface area contributed by atoms with Crippen LogP contribution in [0.3, 0.4) is 0 Å². The molecule has 4 heteroatoms. The van der Waals surface area contributed by atoms with Gasteiger partial charge in [0, 0.05) is 19.2 Å². The summed E-state index contributed by atoms with van der Waals surface area (Å²) < 4.78 is 18.3. The van der Waals surface area contributed by atoms with Gasteiger partial charge in [-0.25, -0.2) is 4.39 Å². The normalized spacial score (nSPS) is 21.8. The zero-order chi connectivity index (χ0) is 12.8. The van der Waals surface area contributed by atoms with Crippen LogP contribution in [0.4, 0.5) is 4.39 Å². The van der Waals surface area contributed by atoms with E-state index < -0.39 is 0 Å². The van der Waals surface area contributed by atoms with E-state index in [2.05, 4.69) is 17.2 Å². The highest BCUT2D eigenvalue weighted by atomic mass is 19.1. The maximum Gasteiger partial charge on any atom is 0.141 e. The Bertz CT molecular complexity index is 349. The molecule has 2 rings (SSSR count). The van der Waals surface area contributed by atoms with Crippen LogP contribution in [0.5, 0.6) is 0 Å². The molecule has 1 aliphatic rings. The molecule has 100 valence electrons. The highest BCUT2D eigenvalue weighted by molar-refractivity contribution is 5.09. The summed E-state index contributed by atoms with van der Waals surface area (Å²) in [6.07, 6.45) is 4.60. The van der Waals surface area contributed by atoms with E-state index in [-0.39, 0.29) is 11.9 Å². The molecule has 3 nitrogen and oxygen atoms in total. The second-order valence-electron chi connectivity index (χ2n) is 4.85. The summed E-state index contributed by atoms with van der Waals surface area (Å²) in [5.74, 6) is 0.308. The lowest BCUT2D eigenvalue weighted by atomic mass is 10.0. The van der Waals surface area contributed by atoms with E-state index >= 15 is 0 Å². The molecule has 2 heterocycles. The molecule has 0 spiro atoms. The van der Waals surface area contributed by atoms with Crippen LogP contribution in [0.1, 0.15) is 37.9 Å². The average Bonchev–Trinajstić information content (AvgIpc) is 2.42. The second-order valence-corrected chi connectivity index (χ2v) is 4.85. The smallest absolute Gasteiger partial charge is 0.141 e. The molecule has 1 saturated heterocycles. The first-order valence-corrected chi connectivity index (χ1v) is 6.72. The Labute approximate surface area is 108 Å². The van der Waals surface area contributed by atoms with Crippen molar-refractivity contribution in [1.29, 1.82) is 0 Å². The number of halogens is 1. The standard InChI is InChI=1S/C14H21FN2O/c1-2-13(14-6-5-12(15)9-17-14)16-8-11-4-3-7-18-10-11/h5-6,9,11,13,16H,2-4,7-8,10H2,1H3. The number of hydrogen-bond acceptors (Lipinski definition) is 3. The molecule has 0 amide bonds. The molecular formula is C14H21FN2O. The van der Waals surface area contributed by atoms with Crippen molar-refractivity contribution in [2.45, 2.75) is 32.2 Å². The topological polar surface area (TPSA) is 34.1 Å². The predicted molar refractivity (Wildman–Crippen MR) is 68.8 cm³/mol. The van der Waals surface area contributed by atoms with Crippen molar-refractivity contribution in [2.75, 3.05) is 19.8 Å². The summed E-state index contributed by atoms with van der Waals surface area (Å²) in [5.41, 5.74) is 0.913. The van der Waals surface area contributed by atoms with Gasteiger partial charge >= 0.3 is 0 Å². The van der Waals surface area contributed by atoms with Crippen LogP contribution in [0, 0.1) is 11.7 Å². The number of nitrogens with one attached hydrogen (secondary N) is 1. The summed E-state index contributed by atoms with van der Waals surface area (Å²) >= 11 is 0. The fourth-order valence-electron chi connectivity index (χ4n) is 2.33. The van der Waals surface area contributed by atoms with E-state index in [9.17, 15) is 4.39 Å². The number of ether oxygens (including phenoxy) is 1. The van der Waals surface area contributed by atoms with Gasteiger partial charge in [-0.3, -0.25) is 4.98 Å². The van der Waals surface area contributed by atoms with Gasteiger partial charge in [0.25, 0.3) is 0 Å². The molecule has 18 heavy (non-hydrogen) atoms. The minimum absolute atomic E-state index is 0.201. The molecule has 1 aliphatic heterocycles. The lowest BCUT2D eigenvalue weighted by Crippen LogP contribution is -2.32. The second kappa shape index (κ2) is 6.81. The highest BCUT2D eigenvalue weighted by Gasteiger charge is 2.16. The van der Waals surface area contributed by atoms with Gasteiger partial charge in [0.2, 0.25) is 0 Å². The van der Waals surface area contributed by atoms with Crippen LogP contribution in [-0.4, -0.2) is 24.7 Å². The zero-order valence-electron chi connectivity index (χ0n) is 10.9. The van der Waals surface area contributed by atoms with Gasteiger partial charge in [-0.15, -0.1) is 0 Å². The molecule has 1 fully saturated rings. The fourth-order valence-corrected chi connectivity index (χ4v) is 2.33. The minimum atomic E-state index is -0.283. The van der Waals surface area contributed by atoms with E-state index in [1.807, 2.05) is 0 Å². The van der Waals surface area contributed by atoms with Crippen molar-refractivity contribution in [3.8, 4) is 0 Å². The third-order valence-corrected chi connectivity index (χ3v) is 3.42. The van der Waals surface area contributed by atoms with Gasteiger partial charge in [-0.05, 0) is 37.3 Å². The number of hydrogen-bond donors (Lipinski definition) is 1. The number of aromatic nitrogens is 1. The molecule has 1 aromatic heterocycles. The Morgan fingerprint density at radius 1 is 1.56 bits per heavy atom. The van der Waals surface area contributed by atoms with Crippen LogP contribution in [0.2, 0.25) is 0 Å². The summed E-state index contributed by atoms with van der Waals surface area (Å²) in [5, 5.41) is 3.51. The van der Waals surface area contributed by atoms with Gasteiger partial charge in [0.1, 0.15) is 5.82 Å². The average molecular weight is 252 g/mol. The van der Waals surface area contributed by atoms with Crippen molar-refractivity contribution >= 4 is 0 Å². The first kappa shape index (κ1) is 13.4. The monoisotopic (exact) mass is 252 g/mol. The summed E-state index contributed by atoms with van der Waals surface area (Å²) in [6, 6.07) is 3.43. The largest absolute Gasteiger partial charge is 0.381 e. The Kier molecular flexibility index (Phi) is 5.08. The van der Waals surface area contributed by atoms with Crippen LogP contribution >= 0.6 is 0 Å². The Morgan fingerprint density at radius 2 is 2.44 bits per heavy atom. The molecule has 2 unspecified atom stereocenters. The quantitative estimate of drug-likeness (QED) is 0.875. The van der Waals surface area contributed by atoms with Gasteiger partial charge < -0.3 is 10.1 Å². The van der Waals surface area contributed by atoms with Crippen molar-refractivity contribution < 1.29 is 9.13 Å². The van der Waals surface area contributed by atoms with Gasteiger partial charge in [0.05, 0.1) is 18.5 Å². The maximum absolute atomic E-state index is 12.8. The maximum atomic E-state index is 12.8. The molecule has 0 saturated carbocycles. The first-order chi connectivity index (χ1) is 8.79. The molecule has 0 radical (unpaired) electrons. The molecule has 2 atom stereocenters. The summed E-state index contributed by atoms with van der Waals surface area (Å²) in [7, 11) is 0. The zero-order valence-corrected chi connectivity index (χ0v) is 10.9. The lowest BCUT2D eigenvalue weighted by molar-refractivity contribution is 0.0537. The first-order valence-electron chi connectivity index (χ1n) is 6.72. The third kappa shape index (κ3) is 3.75. The Hall–Kier alpha value is -1.00. The van der Waals surface area contributed by atoms with E-state index in [1.54, 1.807) is 6.07 Å². The fraction of sp³-hybridized carbons (Fsp3) is 0.643. The Morgan fingerprint density at radius 3 is 3.06 bits per heavy atom. The third-order valence-electron chi connectivity index (χ3n) is 3.42. The van der Waals surface area contributed by atoms with Crippen molar-refractivity contribution in [2.24, 2.45) is 5.92 Å². The molecule has 1 N–H and O–H groups in total. The lowest BCUT2D eigenvalue weighted by Gasteiger charge is -2.25. The van der Waals surface area contributed by atoms with Crippen molar-refractivity contribution in [1.82, 2.24) is 10.3 Å². The van der Waals surface area contributed by atoms with Crippen molar-refractivity contribution in [3.63, 3.8) is 0 Å². The molecule has 0 aliphatic carbocycles. The molecule has 0 bridgehead atoms. The van der Waals surface area contributed by atoms with Crippen molar-refractivity contribution in [3.05, 3.63) is 29.8 Å². The van der Waals surface area contributed by atoms with Gasteiger partial charge in [-0.2, -0.15) is 0 Å². The van der Waals surface area contributed by atoms with Crippen LogP contribution in [0.25, 0.3) is 0 Å². The van der Waals surface area contributed by atoms with Crippen LogP contribution in [0.15, 0.2) is 18.3 Å². The number of pyridine rings is 1. The number of rotatable bonds is 5. The molecule has 1 aromatic rings.